The van der Waals surface area contributed by atoms with Gasteiger partial charge in [-0.2, -0.15) is 0 Å². The molecule has 3 aromatic heterocycles. The van der Waals surface area contributed by atoms with E-state index in [0.717, 1.165) is 12.1 Å². The largest absolute Gasteiger partial charge is 0.366 e. The molecule has 1 aromatic carbocycles. The van der Waals surface area contributed by atoms with E-state index in [1.54, 1.807) is 22.8 Å². The standard InChI is InChI=1S/C24H21ClFN5O3/c1-13-9-18(34-29-13)19-12-30(7-8-33-19)21-11-16-23(27-20-3-2-6-31(20)24(16)32)22(28-21)15-5-4-14(25)10-17(15)26/h4-5,9-11,19H,2-3,6-8,12H2,1H3. The minimum Gasteiger partial charge on any atom is -0.366 e. The number of nitrogens with zero attached hydrogens (tertiary/aromatic N) is 5. The summed E-state index contributed by atoms with van der Waals surface area (Å²) in [7, 11) is 0. The van der Waals surface area contributed by atoms with E-state index >= 15 is 4.39 Å². The number of benzene rings is 1. The molecule has 0 radical (unpaired) electrons. The highest BCUT2D eigenvalue weighted by molar-refractivity contribution is 6.30. The first kappa shape index (κ1) is 21.2. The topological polar surface area (TPSA) is 86.3 Å². The van der Waals surface area contributed by atoms with Crippen LogP contribution in [-0.4, -0.2) is 39.4 Å². The fraction of sp³-hybridized carbons (Fsp3) is 0.333. The Hall–Kier alpha value is -3.30. The summed E-state index contributed by atoms with van der Waals surface area (Å²) >= 11 is 5.99. The molecule has 8 nitrogen and oxygen atoms in total. The van der Waals surface area contributed by atoms with E-state index in [1.165, 1.54) is 6.07 Å². The summed E-state index contributed by atoms with van der Waals surface area (Å²) in [4.78, 5) is 25.0. The number of hydrogen-bond donors (Lipinski definition) is 0. The second-order valence-corrected chi connectivity index (χ2v) is 9.05. The average molecular weight is 482 g/mol. The van der Waals surface area contributed by atoms with Crippen LogP contribution < -0.4 is 10.5 Å². The Bertz CT molecular complexity index is 1480. The molecule has 34 heavy (non-hydrogen) atoms. The Morgan fingerprint density at radius 1 is 1.18 bits per heavy atom. The van der Waals surface area contributed by atoms with E-state index in [1.807, 2.05) is 17.9 Å². The van der Waals surface area contributed by atoms with Crippen molar-refractivity contribution in [3.63, 3.8) is 0 Å². The molecule has 174 valence electrons. The van der Waals surface area contributed by atoms with Crippen LogP contribution in [0.25, 0.3) is 22.2 Å². The molecule has 0 saturated carbocycles. The van der Waals surface area contributed by atoms with E-state index in [0.29, 0.717) is 66.7 Å². The molecular weight excluding hydrogens is 461 g/mol. The van der Waals surface area contributed by atoms with Gasteiger partial charge in [0.2, 0.25) is 0 Å². The van der Waals surface area contributed by atoms with Gasteiger partial charge in [0.25, 0.3) is 5.56 Å². The van der Waals surface area contributed by atoms with Gasteiger partial charge in [0, 0.05) is 36.2 Å². The minimum absolute atomic E-state index is 0.132. The molecule has 0 amide bonds. The Kier molecular flexibility index (Phi) is 5.11. The lowest BCUT2D eigenvalue weighted by Gasteiger charge is -2.33. The van der Waals surface area contributed by atoms with Crippen LogP contribution >= 0.6 is 11.6 Å². The predicted octanol–water partition coefficient (Wildman–Crippen LogP) is 4.07. The number of fused-ring (bicyclic) bond motifs is 2. The third-order valence-electron chi connectivity index (χ3n) is 6.33. The quantitative estimate of drug-likeness (QED) is 0.436. The summed E-state index contributed by atoms with van der Waals surface area (Å²) < 4.78 is 28.0. The summed E-state index contributed by atoms with van der Waals surface area (Å²) in [5.41, 5.74) is 1.62. The van der Waals surface area contributed by atoms with Crippen molar-refractivity contribution in [3.05, 3.63) is 68.8 Å². The molecule has 2 aliphatic rings. The second kappa shape index (κ2) is 8.18. The van der Waals surface area contributed by atoms with E-state index in [9.17, 15) is 4.79 Å². The monoisotopic (exact) mass is 481 g/mol. The van der Waals surface area contributed by atoms with Crippen molar-refractivity contribution in [2.75, 3.05) is 24.6 Å². The number of hydrogen-bond acceptors (Lipinski definition) is 7. The maximum Gasteiger partial charge on any atom is 0.261 e. The maximum absolute atomic E-state index is 15.0. The van der Waals surface area contributed by atoms with Gasteiger partial charge in [-0.1, -0.05) is 16.8 Å². The van der Waals surface area contributed by atoms with Gasteiger partial charge in [-0.25, -0.2) is 14.4 Å². The molecule has 10 heteroatoms. The Balaban J connectivity index is 1.52. The van der Waals surface area contributed by atoms with Crippen molar-refractivity contribution in [3.8, 4) is 11.3 Å². The van der Waals surface area contributed by atoms with E-state index in [-0.39, 0.29) is 22.2 Å². The summed E-state index contributed by atoms with van der Waals surface area (Å²) in [6.45, 7) is 3.93. The zero-order valence-electron chi connectivity index (χ0n) is 18.4. The summed E-state index contributed by atoms with van der Waals surface area (Å²) in [5.74, 6) is 1.37. The molecule has 1 saturated heterocycles. The SMILES string of the molecule is Cc1cc(C2CN(c3cc4c(=O)n5c(nc4c(-c4ccc(Cl)cc4F)n3)CCC5)CCO2)on1. The van der Waals surface area contributed by atoms with Gasteiger partial charge in [0.05, 0.1) is 24.2 Å². The first-order valence-electron chi connectivity index (χ1n) is 11.2. The van der Waals surface area contributed by atoms with Crippen molar-refractivity contribution in [1.29, 1.82) is 0 Å². The number of halogens is 2. The summed E-state index contributed by atoms with van der Waals surface area (Å²) in [6, 6.07) is 8.03. The lowest BCUT2D eigenvalue weighted by molar-refractivity contribution is 0.0218. The van der Waals surface area contributed by atoms with E-state index < -0.39 is 5.82 Å². The average Bonchev–Trinajstić information content (AvgIpc) is 3.48. The number of anilines is 1. The number of pyridine rings is 1. The van der Waals surface area contributed by atoms with Gasteiger partial charge < -0.3 is 14.2 Å². The third kappa shape index (κ3) is 3.56. The minimum atomic E-state index is -0.516. The predicted molar refractivity (Wildman–Crippen MR) is 125 cm³/mol. The van der Waals surface area contributed by atoms with Crippen LogP contribution in [0.3, 0.4) is 0 Å². The van der Waals surface area contributed by atoms with Crippen molar-refractivity contribution in [1.82, 2.24) is 19.7 Å². The van der Waals surface area contributed by atoms with Crippen molar-refractivity contribution in [2.45, 2.75) is 32.4 Å². The van der Waals surface area contributed by atoms with Gasteiger partial charge in [-0.05, 0) is 37.6 Å². The maximum atomic E-state index is 15.0. The molecule has 6 rings (SSSR count). The number of rotatable bonds is 3. The normalized spacial score (nSPS) is 18.0. The Morgan fingerprint density at radius 2 is 2.06 bits per heavy atom. The molecule has 1 atom stereocenters. The van der Waals surface area contributed by atoms with Crippen LogP contribution in [0.5, 0.6) is 0 Å². The van der Waals surface area contributed by atoms with Crippen molar-refractivity contribution in [2.24, 2.45) is 0 Å². The number of morpholine rings is 1. The molecule has 5 heterocycles. The highest BCUT2D eigenvalue weighted by atomic mass is 35.5. The van der Waals surface area contributed by atoms with Crippen LogP contribution in [0.4, 0.5) is 10.2 Å². The number of aromatic nitrogens is 4. The molecule has 4 aromatic rings. The molecular formula is C24H21ClFN5O3. The third-order valence-corrected chi connectivity index (χ3v) is 6.56. The lowest BCUT2D eigenvalue weighted by Crippen LogP contribution is -2.39. The van der Waals surface area contributed by atoms with Crippen LogP contribution in [0.1, 0.15) is 29.8 Å². The fourth-order valence-electron chi connectivity index (χ4n) is 4.67. The highest BCUT2D eigenvalue weighted by Crippen LogP contribution is 2.33. The molecule has 1 fully saturated rings. The second-order valence-electron chi connectivity index (χ2n) is 8.61. The summed E-state index contributed by atoms with van der Waals surface area (Å²) in [6.07, 6.45) is 1.23. The van der Waals surface area contributed by atoms with Gasteiger partial charge in [0.1, 0.15) is 34.8 Å². The van der Waals surface area contributed by atoms with Crippen LogP contribution in [0.15, 0.2) is 39.6 Å². The molecule has 0 N–H and O–H groups in total. The van der Waals surface area contributed by atoms with Crippen molar-refractivity contribution >= 4 is 28.3 Å². The van der Waals surface area contributed by atoms with Crippen LogP contribution in [-0.2, 0) is 17.7 Å². The van der Waals surface area contributed by atoms with E-state index in [4.69, 9.17) is 30.8 Å². The Morgan fingerprint density at radius 3 is 2.85 bits per heavy atom. The lowest BCUT2D eigenvalue weighted by atomic mass is 10.1. The molecule has 0 bridgehead atoms. The van der Waals surface area contributed by atoms with Gasteiger partial charge >= 0.3 is 0 Å². The van der Waals surface area contributed by atoms with Crippen molar-refractivity contribution < 1.29 is 13.7 Å². The van der Waals surface area contributed by atoms with Gasteiger partial charge in [-0.3, -0.25) is 9.36 Å². The van der Waals surface area contributed by atoms with Gasteiger partial charge in [-0.15, -0.1) is 0 Å². The fourth-order valence-corrected chi connectivity index (χ4v) is 4.82. The van der Waals surface area contributed by atoms with Gasteiger partial charge in [0.15, 0.2) is 5.76 Å². The van der Waals surface area contributed by atoms with Crippen LogP contribution in [0.2, 0.25) is 5.02 Å². The van der Waals surface area contributed by atoms with E-state index in [2.05, 4.69) is 5.16 Å². The highest BCUT2D eigenvalue weighted by Gasteiger charge is 2.28. The first-order chi connectivity index (χ1) is 16.5. The smallest absolute Gasteiger partial charge is 0.261 e. The zero-order valence-corrected chi connectivity index (χ0v) is 19.2. The number of ether oxygens (including phenoxy) is 1. The number of aryl methyl sites for hydroxylation is 2. The zero-order chi connectivity index (χ0) is 23.4. The molecule has 0 aliphatic carbocycles. The molecule has 1 unspecified atom stereocenters. The molecule has 2 aliphatic heterocycles. The first-order valence-corrected chi connectivity index (χ1v) is 11.6. The summed E-state index contributed by atoms with van der Waals surface area (Å²) in [5, 5.41) is 4.65. The van der Waals surface area contributed by atoms with Crippen LogP contribution in [0, 0.1) is 12.7 Å². The molecule has 0 spiro atoms. The Labute approximate surface area is 198 Å².